The van der Waals surface area contributed by atoms with Crippen LogP contribution in [0.2, 0.25) is 0 Å². The van der Waals surface area contributed by atoms with Crippen molar-refractivity contribution in [1.82, 2.24) is 5.32 Å². The highest BCUT2D eigenvalue weighted by Gasteiger charge is 2.09. The number of nitrogens with zero attached hydrogens (tertiary/aromatic N) is 3. The summed E-state index contributed by atoms with van der Waals surface area (Å²) in [6.45, 7) is 1.92. The monoisotopic (exact) mass is 126 g/mol. The second-order valence-electron chi connectivity index (χ2n) is 2.21. The summed E-state index contributed by atoms with van der Waals surface area (Å²) in [6.07, 6.45) is 2.17. The summed E-state index contributed by atoms with van der Waals surface area (Å²) in [5, 5.41) is 6.76. The van der Waals surface area contributed by atoms with Crippen molar-refractivity contribution < 1.29 is 0 Å². The molecule has 9 heavy (non-hydrogen) atoms. The lowest BCUT2D eigenvalue weighted by Crippen LogP contribution is -2.31. The van der Waals surface area contributed by atoms with Gasteiger partial charge in [-0.2, -0.15) is 0 Å². The van der Waals surface area contributed by atoms with Crippen molar-refractivity contribution in [3.8, 4) is 0 Å². The molecule has 1 atom stereocenters. The van der Waals surface area contributed by atoms with Crippen molar-refractivity contribution in [3.05, 3.63) is 10.4 Å². The molecule has 0 radical (unpaired) electrons. The van der Waals surface area contributed by atoms with Gasteiger partial charge in [-0.15, -0.1) is 0 Å². The van der Waals surface area contributed by atoms with Gasteiger partial charge in [-0.25, -0.2) is 0 Å². The molecule has 0 aromatic carbocycles. The maximum Gasteiger partial charge on any atom is 0.0499 e. The van der Waals surface area contributed by atoms with Crippen LogP contribution in [0.3, 0.4) is 0 Å². The van der Waals surface area contributed by atoms with Gasteiger partial charge in [-0.05, 0) is 24.9 Å². The first-order chi connectivity index (χ1) is 4.43. The second kappa shape index (κ2) is 3.33. The van der Waals surface area contributed by atoms with Crippen molar-refractivity contribution in [3.63, 3.8) is 0 Å². The van der Waals surface area contributed by atoms with Crippen molar-refractivity contribution in [1.29, 1.82) is 0 Å². The minimum atomic E-state index is 0.198. The van der Waals surface area contributed by atoms with E-state index in [0.29, 0.717) is 0 Å². The Labute approximate surface area is 53.9 Å². The standard InChI is InChI=1S/C5H10N4/c6-9-8-5-2-1-3-7-4-5/h5,7H,1-4H2/t5-/m0/s1. The van der Waals surface area contributed by atoms with Crippen LogP contribution in [0.1, 0.15) is 12.8 Å². The van der Waals surface area contributed by atoms with E-state index in [1.165, 1.54) is 0 Å². The van der Waals surface area contributed by atoms with E-state index in [1.54, 1.807) is 0 Å². The summed E-state index contributed by atoms with van der Waals surface area (Å²) in [7, 11) is 0. The number of hydrogen-bond acceptors (Lipinski definition) is 2. The van der Waals surface area contributed by atoms with E-state index in [0.717, 1.165) is 25.9 Å². The van der Waals surface area contributed by atoms with Crippen molar-refractivity contribution in [2.45, 2.75) is 18.9 Å². The quantitative estimate of drug-likeness (QED) is 0.318. The van der Waals surface area contributed by atoms with E-state index in [1.807, 2.05) is 0 Å². The van der Waals surface area contributed by atoms with E-state index in [2.05, 4.69) is 15.3 Å². The zero-order chi connectivity index (χ0) is 6.53. The maximum atomic E-state index is 8.05. The Morgan fingerprint density at radius 1 is 1.67 bits per heavy atom. The Hall–Kier alpha value is -0.730. The van der Waals surface area contributed by atoms with Crippen molar-refractivity contribution >= 4 is 0 Å². The fraction of sp³-hybridized carbons (Fsp3) is 1.00. The van der Waals surface area contributed by atoms with Gasteiger partial charge in [0.05, 0.1) is 0 Å². The molecule has 4 nitrogen and oxygen atoms in total. The zero-order valence-electron chi connectivity index (χ0n) is 5.25. The van der Waals surface area contributed by atoms with Gasteiger partial charge in [0.15, 0.2) is 0 Å². The van der Waals surface area contributed by atoms with E-state index < -0.39 is 0 Å². The van der Waals surface area contributed by atoms with E-state index >= 15 is 0 Å². The molecule has 0 saturated carbocycles. The number of azide groups is 1. The van der Waals surface area contributed by atoms with Crippen LogP contribution in [-0.2, 0) is 0 Å². The lowest BCUT2D eigenvalue weighted by molar-refractivity contribution is 0.458. The van der Waals surface area contributed by atoms with Crippen LogP contribution >= 0.6 is 0 Å². The Morgan fingerprint density at radius 2 is 2.56 bits per heavy atom. The van der Waals surface area contributed by atoms with Crippen LogP contribution < -0.4 is 5.32 Å². The molecule has 0 unspecified atom stereocenters. The highest BCUT2D eigenvalue weighted by molar-refractivity contribution is 4.74. The molecule has 1 aliphatic heterocycles. The molecule has 0 aliphatic carbocycles. The molecule has 1 aliphatic rings. The molecule has 0 aromatic heterocycles. The first-order valence-corrected chi connectivity index (χ1v) is 3.18. The molecule has 1 saturated heterocycles. The first-order valence-electron chi connectivity index (χ1n) is 3.18. The fourth-order valence-corrected chi connectivity index (χ4v) is 1.01. The molecule has 1 heterocycles. The Balaban J connectivity index is 2.31. The highest BCUT2D eigenvalue weighted by atomic mass is 15.2. The predicted molar refractivity (Wildman–Crippen MR) is 35.0 cm³/mol. The second-order valence-corrected chi connectivity index (χ2v) is 2.21. The van der Waals surface area contributed by atoms with Gasteiger partial charge < -0.3 is 5.32 Å². The van der Waals surface area contributed by atoms with Gasteiger partial charge in [-0.3, -0.25) is 0 Å². The number of piperidine rings is 1. The van der Waals surface area contributed by atoms with Crippen LogP contribution in [0.5, 0.6) is 0 Å². The summed E-state index contributed by atoms with van der Waals surface area (Å²) >= 11 is 0. The number of nitrogens with one attached hydrogen (secondary N) is 1. The zero-order valence-corrected chi connectivity index (χ0v) is 5.25. The average molecular weight is 126 g/mol. The van der Waals surface area contributed by atoms with E-state index in [4.69, 9.17) is 5.53 Å². The molecule has 0 amide bonds. The van der Waals surface area contributed by atoms with Crippen molar-refractivity contribution in [2.24, 2.45) is 5.11 Å². The molecular weight excluding hydrogens is 116 g/mol. The molecule has 50 valence electrons. The third-order valence-corrected chi connectivity index (χ3v) is 1.49. The molecule has 1 fully saturated rings. The lowest BCUT2D eigenvalue weighted by atomic mass is 10.1. The smallest absolute Gasteiger partial charge is 0.0499 e. The van der Waals surface area contributed by atoms with Crippen LogP contribution in [0.4, 0.5) is 0 Å². The van der Waals surface area contributed by atoms with E-state index in [-0.39, 0.29) is 6.04 Å². The third kappa shape index (κ3) is 1.91. The van der Waals surface area contributed by atoms with Gasteiger partial charge in [-0.1, -0.05) is 5.11 Å². The topological polar surface area (TPSA) is 60.8 Å². The van der Waals surface area contributed by atoms with Crippen LogP contribution in [0, 0.1) is 0 Å². The maximum absolute atomic E-state index is 8.05. The molecule has 0 aromatic rings. The molecular formula is C5H10N4. The average Bonchev–Trinajstić information content (AvgIpc) is 1.91. The van der Waals surface area contributed by atoms with Crippen LogP contribution in [0.15, 0.2) is 5.11 Å². The highest BCUT2D eigenvalue weighted by Crippen LogP contribution is 2.04. The summed E-state index contributed by atoms with van der Waals surface area (Å²) in [4.78, 5) is 2.74. The molecule has 4 heteroatoms. The number of rotatable bonds is 1. The Kier molecular flexibility index (Phi) is 2.36. The molecule has 0 bridgehead atoms. The van der Waals surface area contributed by atoms with Gasteiger partial charge >= 0.3 is 0 Å². The minimum absolute atomic E-state index is 0.198. The van der Waals surface area contributed by atoms with Crippen molar-refractivity contribution in [2.75, 3.05) is 13.1 Å². The summed E-state index contributed by atoms with van der Waals surface area (Å²) in [6, 6.07) is 0.198. The third-order valence-electron chi connectivity index (χ3n) is 1.49. The van der Waals surface area contributed by atoms with Gasteiger partial charge in [0.2, 0.25) is 0 Å². The Bertz CT molecular complexity index is 121. The predicted octanol–water partition coefficient (Wildman–Crippen LogP) is 1.05. The van der Waals surface area contributed by atoms with Gasteiger partial charge in [0, 0.05) is 17.5 Å². The summed E-state index contributed by atoms with van der Waals surface area (Å²) < 4.78 is 0. The molecule has 0 spiro atoms. The normalized spacial score (nSPS) is 26.9. The SMILES string of the molecule is [N-]=[N+]=N[C@H]1CCCNC1. The van der Waals surface area contributed by atoms with Gasteiger partial charge in [0.25, 0.3) is 0 Å². The fourth-order valence-electron chi connectivity index (χ4n) is 1.01. The minimum Gasteiger partial charge on any atom is -0.316 e. The molecule has 1 rings (SSSR count). The largest absolute Gasteiger partial charge is 0.316 e. The van der Waals surface area contributed by atoms with Crippen LogP contribution in [-0.4, -0.2) is 19.1 Å². The Morgan fingerprint density at radius 3 is 3.11 bits per heavy atom. The lowest BCUT2D eigenvalue weighted by Gasteiger charge is -2.17. The van der Waals surface area contributed by atoms with E-state index in [9.17, 15) is 0 Å². The van der Waals surface area contributed by atoms with Gasteiger partial charge in [0.1, 0.15) is 0 Å². The summed E-state index contributed by atoms with van der Waals surface area (Å²) in [5.74, 6) is 0. The first kappa shape index (κ1) is 6.39. The van der Waals surface area contributed by atoms with Crippen LogP contribution in [0.25, 0.3) is 10.4 Å². The number of hydrogen-bond donors (Lipinski definition) is 1. The molecule has 1 N–H and O–H groups in total. The summed E-state index contributed by atoms with van der Waals surface area (Å²) in [5.41, 5.74) is 8.05.